The minimum Gasteiger partial charge on any atom is -0.314 e. The van der Waals surface area contributed by atoms with E-state index in [0.29, 0.717) is 12.5 Å². The molecule has 2 nitrogen and oxygen atoms in total. The zero-order valence-electron chi connectivity index (χ0n) is 9.83. The number of hydrogen-bond acceptors (Lipinski definition) is 2. The van der Waals surface area contributed by atoms with E-state index in [-0.39, 0.29) is 5.78 Å². The fourth-order valence-corrected chi connectivity index (χ4v) is 2.26. The van der Waals surface area contributed by atoms with E-state index in [1.54, 1.807) is 0 Å². The zero-order valence-corrected chi connectivity index (χ0v) is 9.83. The highest BCUT2D eigenvalue weighted by atomic mass is 16.1. The largest absolute Gasteiger partial charge is 0.314 e. The van der Waals surface area contributed by atoms with Crippen LogP contribution in [0.3, 0.4) is 0 Å². The van der Waals surface area contributed by atoms with Crippen LogP contribution in [0, 0.1) is 6.92 Å². The van der Waals surface area contributed by atoms with Gasteiger partial charge in [0, 0.05) is 18.0 Å². The highest BCUT2D eigenvalue weighted by Gasteiger charge is 2.17. The van der Waals surface area contributed by atoms with Gasteiger partial charge in [0.2, 0.25) is 0 Å². The first kappa shape index (κ1) is 11.3. The highest BCUT2D eigenvalue weighted by Crippen LogP contribution is 2.14. The number of aryl methyl sites for hydroxylation is 1. The van der Waals surface area contributed by atoms with Crippen molar-refractivity contribution >= 4 is 5.78 Å². The van der Waals surface area contributed by atoms with E-state index in [4.69, 9.17) is 0 Å². The van der Waals surface area contributed by atoms with E-state index in [0.717, 1.165) is 24.1 Å². The normalized spacial score (nSPS) is 20.7. The number of hydrogen-bond donors (Lipinski definition) is 1. The van der Waals surface area contributed by atoms with E-state index in [1.807, 2.05) is 31.2 Å². The molecular weight excluding hydrogens is 198 g/mol. The maximum absolute atomic E-state index is 12.0. The van der Waals surface area contributed by atoms with Crippen LogP contribution < -0.4 is 5.32 Å². The number of carbonyl (C=O) groups is 1. The minimum absolute atomic E-state index is 0.267. The average Bonchev–Trinajstić information content (AvgIpc) is 2.30. The number of Topliss-reactive ketones (excluding diaryl/α,β-unsaturated/α-hetero) is 1. The second kappa shape index (κ2) is 5.26. The molecule has 0 spiro atoms. The molecule has 2 heteroatoms. The van der Waals surface area contributed by atoms with Gasteiger partial charge < -0.3 is 5.32 Å². The molecule has 86 valence electrons. The van der Waals surface area contributed by atoms with Crippen LogP contribution >= 0.6 is 0 Å². The van der Waals surface area contributed by atoms with Gasteiger partial charge in [-0.05, 0) is 32.4 Å². The van der Waals surface area contributed by atoms with Gasteiger partial charge in [-0.15, -0.1) is 0 Å². The van der Waals surface area contributed by atoms with Crippen molar-refractivity contribution in [2.75, 3.05) is 6.54 Å². The number of piperidine rings is 1. The van der Waals surface area contributed by atoms with Crippen molar-refractivity contribution < 1.29 is 4.79 Å². The lowest BCUT2D eigenvalue weighted by atomic mass is 9.96. The van der Waals surface area contributed by atoms with Crippen LogP contribution in [0.5, 0.6) is 0 Å². The predicted molar refractivity (Wildman–Crippen MR) is 65.8 cm³/mol. The van der Waals surface area contributed by atoms with Crippen molar-refractivity contribution in [2.24, 2.45) is 0 Å². The van der Waals surface area contributed by atoms with Gasteiger partial charge in [-0.2, -0.15) is 0 Å². The molecule has 1 aromatic carbocycles. The number of nitrogens with one attached hydrogen (secondary N) is 1. The van der Waals surface area contributed by atoms with Gasteiger partial charge >= 0.3 is 0 Å². The summed E-state index contributed by atoms with van der Waals surface area (Å²) in [6, 6.07) is 8.26. The molecular formula is C14H19NO. The Labute approximate surface area is 97.1 Å². The first-order valence-electron chi connectivity index (χ1n) is 6.09. The van der Waals surface area contributed by atoms with Gasteiger partial charge in [-0.25, -0.2) is 0 Å². The van der Waals surface area contributed by atoms with Gasteiger partial charge in [0.25, 0.3) is 0 Å². The van der Waals surface area contributed by atoms with Crippen LogP contribution in [-0.2, 0) is 0 Å². The summed E-state index contributed by atoms with van der Waals surface area (Å²) in [6.07, 6.45) is 4.27. The summed E-state index contributed by atoms with van der Waals surface area (Å²) in [5.74, 6) is 0.267. The summed E-state index contributed by atoms with van der Waals surface area (Å²) in [7, 11) is 0. The smallest absolute Gasteiger partial charge is 0.164 e. The number of rotatable bonds is 3. The monoisotopic (exact) mass is 217 g/mol. The van der Waals surface area contributed by atoms with Crippen LogP contribution in [-0.4, -0.2) is 18.4 Å². The van der Waals surface area contributed by atoms with Gasteiger partial charge in [-0.1, -0.05) is 30.2 Å². The SMILES string of the molecule is Cc1cccc(C(=O)CC2CCCCN2)c1. The van der Waals surface area contributed by atoms with Crippen LogP contribution in [0.15, 0.2) is 24.3 Å². The Balaban J connectivity index is 1.97. The molecule has 1 aliphatic rings. The van der Waals surface area contributed by atoms with Crippen molar-refractivity contribution in [1.29, 1.82) is 0 Å². The maximum Gasteiger partial charge on any atom is 0.164 e. The first-order chi connectivity index (χ1) is 7.75. The second-order valence-electron chi connectivity index (χ2n) is 4.64. The molecule has 0 bridgehead atoms. The molecule has 1 N–H and O–H groups in total. The van der Waals surface area contributed by atoms with Crippen molar-refractivity contribution in [3.63, 3.8) is 0 Å². The number of carbonyl (C=O) groups excluding carboxylic acids is 1. The van der Waals surface area contributed by atoms with Gasteiger partial charge in [0.05, 0.1) is 0 Å². The number of ketones is 1. The number of benzene rings is 1. The molecule has 0 radical (unpaired) electrons. The quantitative estimate of drug-likeness (QED) is 0.789. The summed E-state index contributed by atoms with van der Waals surface area (Å²) < 4.78 is 0. The molecule has 16 heavy (non-hydrogen) atoms. The Morgan fingerprint density at radius 1 is 1.44 bits per heavy atom. The lowest BCUT2D eigenvalue weighted by Crippen LogP contribution is -2.35. The Bertz CT molecular complexity index is 367. The van der Waals surface area contributed by atoms with E-state index in [1.165, 1.54) is 12.8 Å². The van der Waals surface area contributed by atoms with E-state index in [9.17, 15) is 4.79 Å². The van der Waals surface area contributed by atoms with Crippen molar-refractivity contribution in [1.82, 2.24) is 5.32 Å². The third-order valence-electron chi connectivity index (χ3n) is 3.18. The predicted octanol–water partition coefficient (Wildman–Crippen LogP) is 2.71. The molecule has 0 amide bonds. The molecule has 0 aliphatic carbocycles. The van der Waals surface area contributed by atoms with Crippen molar-refractivity contribution in [2.45, 2.75) is 38.6 Å². The summed E-state index contributed by atoms with van der Waals surface area (Å²) in [5.41, 5.74) is 2.01. The van der Waals surface area contributed by atoms with E-state index in [2.05, 4.69) is 5.32 Å². The Morgan fingerprint density at radius 3 is 3.00 bits per heavy atom. The van der Waals surface area contributed by atoms with Crippen molar-refractivity contribution in [3.8, 4) is 0 Å². The molecule has 1 unspecified atom stereocenters. The zero-order chi connectivity index (χ0) is 11.4. The molecule has 1 heterocycles. The summed E-state index contributed by atoms with van der Waals surface area (Å²) >= 11 is 0. The van der Waals surface area contributed by atoms with Crippen LogP contribution in [0.25, 0.3) is 0 Å². The van der Waals surface area contributed by atoms with Gasteiger partial charge in [0.15, 0.2) is 5.78 Å². The average molecular weight is 217 g/mol. The molecule has 0 saturated carbocycles. The van der Waals surface area contributed by atoms with Gasteiger partial charge in [0.1, 0.15) is 0 Å². The van der Waals surface area contributed by atoms with E-state index >= 15 is 0 Å². The Kier molecular flexibility index (Phi) is 3.73. The fraction of sp³-hybridized carbons (Fsp3) is 0.500. The van der Waals surface area contributed by atoms with E-state index < -0.39 is 0 Å². The Hall–Kier alpha value is -1.15. The third kappa shape index (κ3) is 2.92. The molecule has 1 aliphatic heterocycles. The third-order valence-corrected chi connectivity index (χ3v) is 3.18. The highest BCUT2D eigenvalue weighted by molar-refractivity contribution is 5.96. The molecule has 2 rings (SSSR count). The second-order valence-corrected chi connectivity index (χ2v) is 4.64. The van der Waals surface area contributed by atoms with Gasteiger partial charge in [-0.3, -0.25) is 4.79 Å². The topological polar surface area (TPSA) is 29.1 Å². The minimum atomic E-state index is 0.267. The van der Waals surface area contributed by atoms with Crippen LogP contribution in [0.1, 0.15) is 41.6 Å². The molecule has 1 atom stereocenters. The van der Waals surface area contributed by atoms with Crippen LogP contribution in [0.2, 0.25) is 0 Å². The standard InChI is InChI=1S/C14H19NO/c1-11-5-4-6-12(9-11)14(16)10-13-7-2-3-8-15-13/h4-6,9,13,15H,2-3,7-8,10H2,1H3. The molecule has 1 fully saturated rings. The lowest BCUT2D eigenvalue weighted by molar-refractivity contribution is 0.0963. The Morgan fingerprint density at radius 2 is 2.31 bits per heavy atom. The van der Waals surface area contributed by atoms with Crippen molar-refractivity contribution in [3.05, 3.63) is 35.4 Å². The maximum atomic E-state index is 12.0. The summed E-state index contributed by atoms with van der Waals surface area (Å²) in [6.45, 7) is 3.08. The molecule has 1 saturated heterocycles. The summed E-state index contributed by atoms with van der Waals surface area (Å²) in [4.78, 5) is 12.0. The molecule has 1 aromatic rings. The summed E-state index contributed by atoms with van der Waals surface area (Å²) in [5, 5.41) is 3.41. The lowest BCUT2D eigenvalue weighted by Gasteiger charge is -2.22. The van der Waals surface area contributed by atoms with Crippen LogP contribution in [0.4, 0.5) is 0 Å². The fourth-order valence-electron chi connectivity index (χ4n) is 2.26. The molecule has 0 aromatic heterocycles. The first-order valence-corrected chi connectivity index (χ1v) is 6.09.